The lowest BCUT2D eigenvalue weighted by Gasteiger charge is -2.27. The Morgan fingerprint density at radius 3 is 2.48 bits per heavy atom. The Kier molecular flexibility index (Phi) is 5.53. The van der Waals surface area contributed by atoms with Gasteiger partial charge in [-0.15, -0.1) is 11.8 Å². The number of rotatable bonds is 5. The number of amides is 2. The fraction of sp³-hybridized carbons (Fsp3) is 0.130. The summed E-state index contributed by atoms with van der Waals surface area (Å²) < 4.78 is 5.47. The van der Waals surface area contributed by atoms with E-state index in [1.165, 1.54) is 11.8 Å². The highest BCUT2D eigenvalue weighted by molar-refractivity contribution is 8.00. The molecule has 0 saturated carbocycles. The minimum absolute atomic E-state index is 0.00805. The van der Waals surface area contributed by atoms with Crippen LogP contribution in [-0.2, 0) is 4.79 Å². The average Bonchev–Trinajstić information content (AvgIpc) is 3.15. The van der Waals surface area contributed by atoms with Crippen molar-refractivity contribution in [1.29, 1.82) is 0 Å². The zero-order valence-electron chi connectivity index (χ0n) is 15.9. The van der Waals surface area contributed by atoms with Crippen LogP contribution in [-0.4, -0.2) is 24.7 Å². The van der Waals surface area contributed by atoms with E-state index in [1.54, 1.807) is 24.1 Å². The first kappa shape index (κ1) is 19.1. The zero-order chi connectivity index (χ0) is 20.2. The number of carbonyl (C=O) groups excluding carboxylic acids is 2. The smallest absolute Gasteiger partial charge is 0.255 e. The fourth-order valence-electron chi connectivity index (χ4n) is 3.35. The summed E-state index contributed by atoms with van der Waals surface area (Å²) in [5, 5.41) is 2.74. The molecule has 1 N–H and O–H groups in total. The molecule has 0 aliphatic carbocycles. The highest BCUT2D eigenvalue weighted by Crippen LogP contribution is 2.46. The van der Waals surface area contributed by atoms with Crippen LogP contribution in [0, 0.1) is 0 Å². The second kappa shape index (κ2) is 8.41. The Hall–Kier alpha value is -3.25. The molecule has 3 aromatic rings. The van der Waals surface area contributed by atoms with Gasteiger partial charge >= 0.3 is 0 Å². The van der Waals surface area contributed by atoms with Crippen LogP contribution in [0.3, 0.4) is 0 Å². The lowest BCUT2D eigenvalue weighted by molar-refractivity contribution is -0.115. The zero-order valence-corrected chi connectivity index (χ0v) is 16.7. The summed E-state index contributed by atoms with van der Waals surface area (Å²) in [6.45, 7) is 0. The van der Waals surface area contributed by atoms with Gasteiger partial charge in [0.05, 0.1) is 18.6 Å². The summed E-state index contributed by atoms with van der Waals surface area (Å²) >= 11 is 1.53. The molecule has 1 aliphatic rings. The van der Waals surface area contributed by atoms with Crippen molar-refractivity contribution in [2.75, 3.05) is 23.1 Å². The number of nitrogens with zero attached hydrogens (tertiary/aromatic N) is 1. The second-order valence-corrected chi connectivity index (χ2v) is 7.57. The van der Waals surface area contributed by atoms with Gasteiger partial charge in [0.2, 0.25) is 5.91 Å². The monoisotopic (exact) mass is 404 g/mol. The number of benzene rings is 3. The van der Waals surface area contributed by atoms with Gasteiger partial charge in [0, 0.05) is 16.8 Å². The molecule has 5 nitrogen and oxygen atoms in total. The van der Waals surface area contributed by atoms with Crippen molar-refractivity contribution in [2.24, 2.45) is 0 Å². The van der Waals surface area contributed by atoms with Crippen LogP contribution in [0.25, 0.3) is 0 Å². The van der Waals surface area contributed by atoms with Crippen LogP contribution in [0.4, 0.5) is 11.4 Å². The molecule has 0 aromatic heterocycles. The van der Waals surface area contributed by atoms with E-state index in [1.807, 2.05) is 66.7 Å². The molecule has 3 aromatic carbocycles. The van der Waals surface area contributed by atoms with Crippen molar-refractivity contribution in [2.45, 2.75) is 5.37 Å². The highest BCUT2D eigenvalue weighted by Gasteiger charge is 2.36. The van der Waals surface area contributed by atoms with Gasteiger partial charge in [-0.2, -0.15) is 0 Å². The predicted octanol–water partition coefficient (Wildman–Crippen LogP) is 4.73. The lowest BCUT2D eigenvalue weighted by atomic mass is 10.1. The third-order valence-electron chi connectivity index (χ3n) is 4.72. The Morgan fingerprint density at radius 1 is 1.00 bits per heavy atom. The number of hydrogen-bond donors (Lipinski definition) is 1. The second-order valence-electron chi connectivity index (χ2n) is 6.51. The molecule has 1 heterocycles. The van der Waals surface area contributed by atoms with E-state index in [0.717, 1.165) is 11.3 Å². The normalized spacial score (nSPS) is 16.0. The molecule has 1 unspecified atom stereocenters. The molecule has 1 atom stereocenters. The number of thioether (sulfide) groups is 1. The van der Waals surface area contributed by atoms with Gasteiger partial charge in [0.15, 0.2) is 0 Å². The summed E-state index contributed by atoms with van der Waals surface area (Å²) in [4.78, 5) is 27.2. The van der Waals surface area contributed by atoms with Crippen molar-refractivity contribution in [3.63, 3.8) is 0 Å². The maximum Gasteiger partial charge on any atom is 0.255 e. The van der Waals surface area contributed by atoms with E-state index in [-0.39, 0.29) is 17.2 Å². The van der Waals surface area contributed by atoms with E-state index >= 15 is 0 Å². The maximum atomic E-state index is 12.7. The minimum atomic E-state index is -0.258. The summed E-state index contributed by atoms with van der Waals surface area (Å²) in [6, 6.07) is 24.1. The van der Waals surface area contributed by atoms with Crippen LogP contribution in [0.15, 0.2) is 78.9 Å². The number of anilines is 2. The van der Waals surface area contributed by atoms with Crippen LogP contribution >= 0.6 is 11.8 Å². The number of nitrogens with one attached hydrogen (secondary N) is 1. The minimum Gasteiger partial charge on any atom is -0.495 e. The van der Waals surface area contributed by atoms with E-state index in [9.17, 15) is 9.59 Å². The Morgan fingerprint density at radius 2 is 1.69 bits per heavy atom. The number of carbonyl (C=O) groups is 2. The number of ether oxygens (including phenoxy) is 1. The Labute approximate surface area is 173 Å². The summed E-state index contributed by atoms with van der Waals surface area (Å²) in [7, 11) is 1.59. The van der Waals surface area contributed by atoms with Crippen LogP contribution in [0.2, 0.25) is 0 Å². The average molecular weight is 404 g/mol. The fourth-order valence-corrected chi connectivity index (χ4v) is 4.56. The molecule has 1 fully saturated rings. The number of para-hydroxylation sites is 3. The van der Waals surface area contributed by atoms with Crippen LogP contribution < -0.4 is 15.0 Å². The lowest BCUT2D eigenvalue weighted by Crippen LogP contribution is -2.29. The Bertz CT molecular complexity index is 1040. The molecular formula is C23H20N2O3S. The summed E-state index contributed by atoms with van der Waals surface area (Å²) in [5.74, 6) is 0.827. The third-order valence-corrected chi connectivity index (χ3v) is 5.92. The molecule has 0 bridgehead atoms. The third kappa shape index (κ3) is 3.84. The van der Waals surface area contributed by atoms with E-state index in [2.05, 4.69) is 5.32 Å². The molecule has 6 heteroatoms. The SMILES string of the molecule is COc1ccccc1N1C(=O)CSC1c1ccccc1NC(=O)c1ccccc1. The highest BCUT2D eigenvalue weighted by atomic mass is 32.2. The summed E-state index contributed by atoms with van der Waals surface area (Å²) in [6.07, 6.45) is 0. The van der Waals surface area contributed by atoms with Gasteiger partial charge in [0.25, 0.3) is 5.91 Å². The largest absolute Gasteiger partial charge is 0.495 e. The van der Waals surface area contributed by atoms with Gasteiger partial charge in [-0.05, 0) is 30.3 Å². The van der Waals surface area contributed by atoms with E-state index in [4.69, 9.17) is 4.74 Å². The first-order valence-corrected chi connectivity index (χ1v) is 10.3. The molecule has 2 amide bonds. The van der Waals surface area contributed by atoms with Gasteiger partial charge < -0.3 is 10.1 Å². The topological polar surface area (TPSA) is 58.6 Å². The van der Waals surface area contributed by atoms with E-state index < -0.39 is 0 Å². The maximum absolute atomic E-state index is 12.7. The molecular weight excluding hydrogens is 384 g/mol. The summed E-state index contributed by atoms with van der Waals surface area (Å²) in [5.41, 5.74) is 2.87. The molecule has 1 saturated heterocycles. The van der Waals surface area contributed by atoms with Crippen LogP contribution in [0.1, 0.15) is 21.3 Å². The standard InChI is InChI=1S/C23H20N2O3S/c1-28-20-14-8-7-13-19(20)25-21(26)15-29-23(25)17-11-5-6-12-18(17)24-22(27)16-9-3-2-4-10-16/h2-14,23H,15H2,1H3,(H,24,27). The predicted molar refractivity (Wildman–Crippen MR) is 117 cm³/mol. The van der Waals surface area contributed by atoms with E-state index in [0.29, 0.717) is 22.8 Å². The quantitative estimate of drug-likeness (QED) is 0.668. The molecule has 4 rings (SSSR count). The van der Waals surface area contributed by atoms with Crippen molar-refractivity contribution in [3.05, 3.63) is 90.0 Å². The Balaban J connectivity index is 1.69. The number of methoxy groups -OCH3 is 1. The molecule has 1 aliphatic heterocycles. The molecule has 29 heavy (non-hydrogen) atoms. The van der Waals surface area contributed by atoms with Gasteiger partial charge in [0.1, 0.15) is 11.1 Å². The van der Waals surface area contributed by atoms with Gasteiger partial charge in [-0.3, -0.25) is 14.5 Å². The van der Waals surface area contributed by atoms with Crippen molar-refractivity contribution in [1.82, 2.24) is 0 Å². The van der Waals surface area contributed by atoms with Crippen LogP contribution in [0.5, 0.6) is 5.75 Å². The van der Waals surface area contributed by atoms with Crippen molar-refractivity contribution >= 4 is 35.0 Å². The molecule has 0 radical (unpaired) electrons. The first-order valence-electron chi connectivity index (χ1n) is 9.21. The molecule has 146 valence electrons. The van der Waals surface area contributed by atoms with Gasteiger partial charge in [-0.1, -0.05) is 48.5 Å². The first-order chi connectivity index (χ1) is 14.2. The van der Waals surface area contributed by atoms with Crippen molar-refractivity contribution < 1.29 is 14.3 Å². The number of hydrogen-bond acceptors (Lipinski definition) is 4. The molecule has 0 spiro atoms. The van der Waals surface area contributed by atoms with Gasteiger partial charge in [-0.25, -0.2) is 0 Å². The van der Waals surface area contributed by atoms with Crippen molar-refractivity contribution in [3.8, 4) is 5.75 Å².